The van der Waals surface area contributed by atoms with E-state index in [1.807, 2.05) is 103 Å². The minimum absolute atomic E-state index is 0.0756. The second kappa shape index (κ2) is 22.0. The van der Waals surface area contributed by atoms with E-state index in [9.17, 15) is 19.5 Å². The molecule has 364 valence electrons. The minimum Gasteiger partial charge on any atom is -0.480 e. The number of nitrogens with two attached hydrogens (primary N) is 4. The summed E-state index contributed by atoms with van der Waals surface area (Å²) >= 11 is 5.07. The van der Waals surface area contributed by atoms with Crippen molar-refractivity contribution in [2.75, 3.05) is 36.8 Å². The highest BCUT2D eigenvalue weighted by molar-refractivity contribution is 7.80. The molecular weight excluding hydrogens is 901 g/mol. The maximum atomic E-state index is 16.4. The molecule has 15 heteroatoms. The van der Waals surface area contributed by atoms with E-state index in [1.165, 1.54) is 4.90 Å². The van der Waals surface area contributed by atoms with E-state index >= 15 is 9.59 Å². The number of anilines is 1. The summed E-state index contributed by atoms with van der Waals surface area (Å²) in [6.07, 6.45) is 3.78. The lowest BCUT2D eigenvalue weighted by Crippen LogP contribution is -2.65. The molecule has 0 saturated carbocycles. The first-order chi connectivity index (χ1) is 34.0. The van der Waals surface area contributed by atoms with E-state index < -0.39 is 59.8 Å². The lowest BCUT2D eigenvalue weighted by atomic mass is 9.80. The zero-order valence-electron chi connectivity index (χ0n) is 39.2. The Hall–Kier alpha value is -6.62. The van der Waals surface area contributed by atoms with Crippen LogP contribution in [-0.4, -0.2) is 84.8 Å². The van der Waals surface area contributed by atoms with Gasteiger partial charge in [-0.2, -0.15) is 12.6 Å². The number of carboxylic acid groups (broad SMARTS) is 1. The quantitative estimate of drug-likeness (QED) is 0.0180. The van der Waals surface area contributed by atoms with E-state index in [0.717, 1.165) is 53.9 Å². The number of nitrogens with zero attached hydrogens (tertiary/aromatic N) is 1. The van der Waals surface area contributed by atoms with Gasteiger partial charge in [0.2, 0.25) is 11.8 Å². The third-order valence-electron chi connectivity index (χ3n) is 13.8. The predicted molar refractivity (Wildman–Crippen MR) is 285 cm³/mol. The molecule has 0 bridgehead atoms. The van der Waals surface area contributed by atoms with Crippen molar-refractivity contribution in [2.24, 2.45) is 22.9 Å². The smallest absolute Gasteiger partial charge is 0.326 e. The average Bonchev–Trinajstić information content (AvgIpc) is 3.37. The summed E-state index contributed by atoms with van der Waals surface area (Å²) < 4.78 is 0. The van der Waals surface area contributed by atoms with Crippen LogP contribution in [0.2, 0.25) is 0 Å². The fourth-order valence-electron chi connectivity index (χ4n) is 10.2. The monoisotopic (exact) mass is 962 g/mol. The molecule has 8 rings (SSSR count). The summed E-state index contributed by atoms with van der Waals surface area (Å²) in [6, 6.07) is 32.0. The molecule has 0 aromatic heterocycles. The number of carbonyl (C=O) groups is 5. The van der Waals surface area contributed by atoms with Crippen LogP contribution in [0, 0.1) is 0 Å². The highest BCUT2D eigenvalue weighted by atomic mass is 32.1. The number of carbonyl (C=O) groups excluding carboxylic acids is 4. The number of unbranched alkanes of at least 4 members (excludes halogenated alkanes) is 3. The highest BCUT2D eigenvalue weighted by Gasteiger charge is 2.52. The van der Waals surface area contributed by atoms with Crippen molar-refractivity contribution in [1.82, 2.24) is 16.0 Å². The van der Waals surface area contributed by atoms with Crippen LogP contribution < -0.4 is 43.8 Å². The maximum Gasteiger partial charge on any atom is 0.326 e. The Morgan fingerprint density at radius 1 is 0.571 bits per heavy atom. The van der Waals surface area contributed by atoms with Crippen molar-refractivity contribution in [3.05, 3.63) is 115 Å². The van der Waals surface area contributed by atoms with Gasteiger partial charge in [0.05, 0.1) is 18.3 Å². The number of rotatable bonds is 24. The van der Waals surface area contributed by atoms with Gasteiger partial charge in [0.1, 0.15) is 12.1 Å². The van der Waals surface area contributed by atoms with Gasteiger partial charge in [-0.3, -0.25) is 24.1 Å². The first-order valence-corrected chi connectivity index (χ1v) is 24.9. The van der Waals surface area contributed by atoms with Crippen molar-refractivity contribution in [3.8, 4) is 0 Å². The van der Waals surface area contributed by atoms with Crippen molar-refractivity contribution in [1.29, 1.82) is 0 Å². The summed E-state index contributed by atoms with van der Waals surface area (Å²) in [5, 5.41) is 29.8. The van der Waals surface area contributed by atoms with Crippen molar-refractivity contribution < 1.29 is 29.1 Å². The van der Waals surface area contributed by atoms with Gasteiger partial charge in [-0.05, 0) is 142 Å². The average molecular weight is 963 g/mol. The van der Waals surface area contributed by atoms with E-state index in [0.29, 0.717) is 86.6 Å². The molecular formula is C55H62N8O6S. The Morgan fingerprint density at radius 3 is 1.59 bits per heavy atom. The van der Waals surface area contributed by atoms with Gasteiger partial charge in [-0.25, -0.2) is 4.79 Å². The number of thiol groups is 1. The lowest BCUT2D eigenvalue weighted by molar-refractivity contribution is -0.143. The van der Waals surface area contributed by atoms with Gasteiger partial charge in [0.25, 0.3) is 11.8 Å². The summed E-state index contributed by atoms with van der Waals surface area (Å²) in [7, 11) is 0. The van der Waals surface area contributed by atoms with Gasteiger partial charge in [-0.15, -0.1) is 0 Å². The van der Waals surface area contributed by atoms with Crippen molar-refractivity contribution >= 4 is 113 Å². The molecule has 0 heterocycles. The fourth-order valence-corrected chi connectivity index (χ4v) is 10.7. The van der Waals surface area contributed by atoms with Gasteiger partial charge in [-0.1, -0.05) is 110 Å². The molecule has 4 amide bonds. The Kier molecular flexibility index (Phi) is 15.6. The van der Waals surface area contributed by atoms with Gasteiger partial charge >= 0.3 is 5.97 Å². The maximum absolute atomic E-state index is 16.4. The molecule has 4 atom stereocenters. The molecule has 8 aromatic carbocycles. The summed E-state index contributed by atoms with van der Waals surface area (Å²) in [6.45, 7) is 0.643. The predicted octanol–water partition coefficient (Wildman–Crippen LogP) is 6.52. The Balaban J connectivity index is 1.38. The number of benzene rings is 8. The number of carboxylic acids is 1. The van der Waals surface area contributed by atoms with Crippen LogP contribution in [0.3, 0.4) is 0 Å². The second-order valence-corrected chi connectivity index (χ2v) is 18.6. The van der Waals surface area contributed by atoms with Crippen molar-refractivity contribution in [2.45, 2.75) is 81.5 Å². The Morgan fingerprint density at radius 2 is 1.04 bits per heavy atom. The first kappa shape index (κ1) is 49.8. The van der Waals surface area contributed by atoms with Crippen LogP contribution in [0.15, 0.2) is 109 Å². The van der Waals surface area contributed by atoms with E-state index in [-0.39, 0.29) is 18.6 Å². The molecule has 0 unspecified atom stereocenters. The molecule has 0 aliphatic heterocycles. The van der Waals surface area contributed by atoms with Gasteiger partial charge in [0, 0.05) is 11.1 Å². The molecule has 0 spiro atoms. The van der Waals surface area contributed by atoms with E-state index in [2.05, 4.69) is 22.0 Å². The zero-order valence-corrected chi connectivity index (χ0v) is 40.1. The molecule has 8 aromatic rings. The molecule has 12 N–H and O–H groups in total. The molecule has 14 nitrogen and oxygen atoms in total. The Bertz CT molecular complexity index is 3150. The molecule has 70 heavy (non-hydrogen) atoms. The van der Waals surface area contributed by atoms with Crippen molar-refractivity contribution in [3.63, 3.8) is 0 Å². The summed E-state index contributed by atoms with van der Waals surface area (Å²) in [5.74, 6) is -4.18. The molecule has 0 fully saturated rings. The molecule has 0 saturated heterocycles. The number of aliphatic carboxylic acids is 1. The Labute approximate surface area is 411 Å². The topological polar surface area (TPSA) is 249 Å². The van der Waals surface area contributed by atoms with Crippen LogP contribution in [-0.2, 0) is 29.5 Å². The molecule has 0 aliphatic carbocycles. The normalized spacial score (nSPS) is 14.0. The largest absolute Gasteiger partial charge is 0.480 e. The van der Waals surface area contributed by atoms with E-state index in [1.54, 1.807) is 0 Å². The summed E-state index contributed by atoms with van der Waals surface area (Å²) in [5.41, 5.74) is 22.3. The standard InChI is InChI=1S/C55H62N8O6S/c56-28-4-1-13-42(59)51(65)60-31-46(64)61-43(14-2-5-29-57)52(66)63(45-27-23-38-19-17-34-10-8-12-36-21-25-40(45)50(38)48(34)36)55(32-70,54(69)62-44(53(67)68)15-3-6-30-58)41-26-22-37-18-16-33-9-7-11-35-20-24-39(41)49(37)47(33)35/h7-12,16-27,42-44,70H,1-6,13-15,28-32,56-59H2,(H,60,65)(H,61,64)(H,62,69)(H,67,68)/t42-,43-,44-,55+/m0/s1. The van der Waals surface area contributed by atoms with Crippen LogP contribution in [0.25, 0.3) is 64.6 Å². The van der Waals surface area contributed by atoms with Gasteiger partial charge in [0.15, 0.2) is 5.54 Å². The number of hydrogen-bond acceptors (Lipinski definition) is 10. The number of nitrogens with one attached hydrogen (secondary N) is 3. The van der Waals surface area contributed by atoms with Crippen LogP contribution in [0.4, 0.5) is 5.69 Å². The SMILES string of the molecule is NCCCC[C@H](NC(=O)[C@@](CS)(c1ccc2ccc3cccc4ccc1c2c34)N(C(=O)[C@H](CCCCN)NC(=O)CNC(=O)[C@@H](N)CCCCN)c1ccc2ccc3cccc4ccc1c2c34)C(=O)O. The second-order valence-electron chi connectivity index (χ2n) is 18.3. The molecule has 0 aliphatic rings. The third kappa shape index (κ3) is 9.64. The summed E-state index contributed by atoms with van der Waals surface area (Å²) in [4.78, 5) is 74.2. The van der Waals surface area contributed by atoms with Crippen LogP contribution in [0.5, 0.6) is 0 Å². The van der Waals surface area contributed by atoms with Crippen LogP contribution in [0.1, 0.15) is 63.4 Å². The number of hydrogen-bond donors (Lipinski definition) is 9. The molecule has 0 radical (unpaired) electrons. The highest BCUT2D eigenvalue weighted by Crippen LogP contribution is 2.47. The third-order valence-corrected chi connectivity index (χ3v) is 14.2. The minimum atomic E-state index is -2.09. The first-order valence-electron chi connectivity index (χ1n) is 24.2. The van der Waals surface area contributed by atoms with E-state index in [4.69, 9.17) is 35.6 Å². The van der Waals surface area contributed by atoms with Gasteiger partial charge < -0.3 is 44.0 Å². The zero-order chi connectivity index (χ0) is 49.5. The van der Waals surface area contributed by atoms with Crippen LogP contribution >= 0.6 is 12.6 Å². The number of amides is 4. The fraction of sp³-hybridized carbons (Fsp3) is 0.327. The lowest BCUT2D eigenvalue weighted by Gasteiger charge is -2.45.